The first-order valence-electron chi connectivity index (χ1n) is 12.4. The molecular weight excluding hydrogens is 450 g/mol. The molecule has 0 saturated heterocycles. The van der Waals surface area contributed by atoms with Crippen LogP contribution in [0.25, 0.3) is 32.8 Å². The maximum atomic E-state index is 7.97. The summed E-state index contributed by atoms with van der Waals surface area (Å²) in [6, 6.07) is 25.9. The minimum absolute atomic E-state index is 0.638. The van der Waals surface area contributed by atoms with Gasteiger partial charge in [-0.05, 0) is 76.7 Å². The fourth-order valence-electron chi connectivity index (χ4n) is 4.84. The Balaban J connectivity index is 1.69. The van der Waals surface area contributed by atoms with Crippen LogP contribution in [0.15, 0.2) is 128 Å². The van der Waals surface area contributed by atoms with Crippen LogP contribution >= 0.6 is 0 Å². The second-order valence-electron chi connectivity index (χ2n) is 8.99. The van der Waals surface area contributed by atoms with Crippen molar-refractivity contribution in [3.8, 4) is 0 Å². The monoisotopic (exact) mass is 480 g/mol. The topological polar surface area (TPSA) is 52.9 Å². The first-order valence-corrected chi connectivity index (χ1v) is 12.4. The molecule has 0 radical (unpaired) electrons. The van der Waals surface area contributed by atoms with Crippen LogP contribution in [0, 0.1) is 5.41 Å². The van der Waals surface area contributed by atoms with E-state index >= 15 is 0 Å². The van der Waals surface area contributed by atoms with Gasteiger partial charge in [-0.25, -0.2) is 0 Å². The van der Waals surface area contributed by atoms with Crippen LogP contribution in [0.5, 0.6) is 0 Å². The third kappa shape index (κ3) is 4.48. The molecule has 3 heteroatoms. The van der Waals surface area contributed by atoms with Crippen LogP contribution < -0.4 is 20.9 Å². The van der Waals surface area contributed by atoms with Crippen LogP contribution in [-0.2, 0) is 0 Å². The van der Waals surface area contributed by atoms with Crippen molar-refractivity contribution < 1.29 is 0 Å². The molecule has 5 rings (SSSR count). The van der Waals surface area contributed by atoms with E-state index in [0.717, 1.165) is 27.8 Å². The molecule has 1 heterocycles. The largest absolute Gasteiger partial charge is 0.404 e. The summed E-state index contributed by atoms with van der Waals surface area (Å²) in [6.45, 7) is 5.83. The Morgan fingerprint density at radius 1 is 0.946 bits per heavy atom. The standard InChI is InChI=1S/C34H30N3/c1-3-5-6-11-33-32-19-16-28-20-27(29(23-36)13-12-24(4-2)22-35)15-18-31(28)34(32)37(33)30-17-14-25-9-7-8-10-26(25)21-30/h3-11,13-23,36H,2,12,35H2,1H3/q+1/b5-3-,11-6-,24-22+,29-13+,36-23?. The second-order valence-corrected chi connectivity index (χ2v) is 8.99. The molecule has 0 unspecified atom stereocenters. The van der Waals surface area contributed by atoms with Crippen LogP contribution in [0.3, 0.4) is 0 Å². The molecule has 4 aromatic carbocycles. The molecular formula is C34H30N3+. The molecule has 0 bridgehead atoms. The zero-order valence-electron chi connectivity index (χ0n) is 21.0. The molecule has 3 N–H and O–H groups in total. The van der Waals surface area contributed by atoms with Crippen LogP contribution in [0.1, 0.15) is 18.9 Å². The van der Waals surface area contributed by atoms with Gasteiger partial charge >= 0.3 is 0 Å². The molecule has 1 aliphatic heterocycles. The summed E-state index contributed by atoms with van der Waals surface area (Å²) < 4.78 is 2.35. The quantitative estimate of drug-likeness (QED) is 0.168. The van der Waals surface area contributed by atoms with Gasteiger partial charge in [0.05, 0.1) is 5.39 Å². The summed E-state index contributed by atoms with van der Waals surface area (Å²) in [5, 5.41) is 15.2. The summed E-state index contributed by atoms with van der Waals surface area (Å²) in [5.41, 5.74) is 10.8. The SMILES string of the molecule is C=C/C(=C\N)C/C=C(\C=N)c1ccc2c3c(ccc2c1)=C(/C=C\C=C/C)[N+]=3c1ccc2ccccc2c1. The highest BCUT2D eigenvalue weighted by Gasteiger charge is 2.28. The van der Waals surface area contributed by atoms with Crippen molar-refractivity contribution in [3.05, 3.63) is 144 Å². The maximum Gasteiger partial charge on any atom is 0.233 e. The van der Waals surface area contributed by atoms with E-state index in [1.165, 1.54) is 38.6 Å². The first-order chi connectivity index (χ1) is 18.2. The predicted octanol–water partition coefficient (Wildman–Crippen LogP) is 6.52. The Labute approximate surface area is 217 Å². The first kappa shape index (κ1) is 24.0. The summed E-state index contributed by atoms with van der Waals surface area (Å²) in [6.07, 6.45) is 15.7. The number of benzene rings is 4. The smallest absolute Gasteiger partial charge is 0.233 e. The van der Waals surface area contributed by atoms with Crippen LogP contribution in [0.4, 0.5) is 5.69 Å². The highest BCUT2D eigenvalue weighted by molar-refractivity contribution is 6.09. The molecule has 37 heavy (non-hydrogen) atoms. The molecule has 0 amide bonds. The number of hydrogen-bond acceptors (Lipinski definition) is 2. The average molecular weight is 481 g/mol. The minimum atomic E-state index is 0.638. The number of rotatable bonds is 8. The molecule has 1 aliphatic rings. The van der Waals surface area contributed by atoms with E-state index in [-0.39, 0.29) is 0 Å². The van der Waals surface area contributed by atoms with Gasteiger partial charge in [-0.3, -0.25) is 0 Å². The van der Waals surface area contributed by atoms with E-state index in [1.54, 1.807) is 12.3 Å². The normalized spacial score (nSPS) is 14.0. The van der Waals surface area contributed by atoms with E-state index in [9.17, 15) is 0 Å². The lowest BCUT2D eigenvalue weighted by molar-refractivity contribution is 0.933. The van der Waals surface area contributed by atoms with Crippen LogP contribution in [0.2, 0.25) is 0 Å². The van der Waals surface area contributed by atoms with Gasteiger partial charge in [0.25, 0.3) is 0 Å². The van der Waals surface area contributed by atoms with Gasteiger partial charge in [-0.15, -0.1) is 0 Å². The van der Waals surface area contributed by atoms with E-state index in [0.29, 0.717) is 6.42 Å². The minimum Gasteiger partial charge on any atom is -0.404 e. The zero-order valence-corrected chi connectivity index (χ0v) is 21.0. The summed E-state index contributed by atoms with van der Waals surface area (Å²) in [7, 11) is 0. The van der Waals surface area contributed by atoms with Gasteiger partial charge < -0.3 is 11.1 Å². The highest BCUT2D eigenvalue weighted by atomic mass is 15.1. The summed E-state index contributed by atoms with van der Waals surface area (Å²) >= 11 is 0. The fourth-order valence-corrected chi connectivity index (χ4v) is 4.84. The Bertz CT molecular complexity index is 1800. The molecule has 180 valence electrons. The van der Waals surface area contributed by atoms with E-state index in [4.69, 9.17) is 11.1 Å². The number of allylic oxidation sites excluding steroid dienone is 7. The number of nitrogens with two attached hydrogens (primary N) is 1. The lowest BCUT2D eigenvalue weighted by atomic mass is 9.97. The van der Waals surface area contributed by atoms with Crippen molar-refractivity contribution >= 4 is 44.7 Å². The Morgan fingerprint density at radius 3 is 2.51 bits per heavy atom. The molecule has 0 saturated carbocycles. The van der Waals surface area contributed by atoms with E-state index < -0.39 is 0 Å². The van der Waals surface area contributed by atoms with Crippen molar-refractivity contribution in [2.75, 3.05) is 0 Å². The van der Waals surface area contributed by atoms with Gasteiger partial charge in [0.1, 0.15) is 5.22 Å². The predicted molar refractivity (Wildman–Crippen MR) is 159 cm³/mol. The molecule has 0 aromatic heterocycles. The van der Waals surface area contributed by atoms with Crippen LogP contribution in [-0.4, -0.2) is 6.21 Å². The number of nitrogens with one attached hydrogen (secondary N) is 1. The van der Waals surface area contributed by atoms with Gasteiger partial charge in [0, 0.05) is 24.4 Å². The van der Waals surface area contributed by atoms with Gasteiger partial charge in [0.2, 0.25) is 16.7 Å². The third-order valence-corrected chi connectivity index (χ3v) is 6.80. The summed E-state index contributed by atoms with van der Waals surface area (Å²) in [4.78, 5) is 0. The second kappa shape index (κ2) is 10.5. The number of fused-ring (bicyclic) bond motifs is 4. The van der Waals surface area contributed by atoms with E-state index in [1.807, 2.05) is 19.1 Å². The van der Waals surface area contributed by atoms with Crippen molar-refractivity contribution in [1.29, 1.82) is 5.41 Å². The fraction of sp³-hybridized carbons (Fsp3) is 0.0588. The molecule has 4 aromatic rings. The van der Waals surface area contributed by atoms with Crippen molar-refractivity contribution in [3.63, 3.8) is 0 Å². The lowest BCUT2D eigenvalue weighted by Gasteiger charge is -2.14. The zero-order chi connectivity index (χ0) is 25.8. The van der Waals surface area contributed by atoms with Gasteiger partial charge in [-0.2, -0.15) is 4.58 Å². The highest BCUT2D eigenvalue weighted by Crippen LogP contribution is 2.25. The summed E-state index contributed by atoms with van der Waals surface area (Å²) in [5.74, 6) is 0. The van der Waals surface area contributed by atoms with Crippen molar-refractivity contribution in [1.82, 2.24) is 4.58 Å². The van der Waals surface area contributed by atoms with E-state index in [2.05, 4.69) is 102 Å². The lowest BCUT2D eigenvalue weighted by Crippen LogP contribution is -2.49. The molecule has 0 atom stereocenters. The molecule has 3 nitrogen and oxygen atoms in total. The number of nitrogens with zero attached hydrogens (tertiary/aromatic N) is 1. The van der Waals surface area contributed by atoms with Crippen molar-refractivity contribution in [2.45, 2.75) is 13.3 Å². The Hall–Kier alpha value is -4.76. The molecule has 0 aliphatic carbocycles. The third-order valence-electron chi connectivity index (χ3n) is 6.80. The number of hydrogen-bond donors (Lipinski definition) is 2. The Kier molecular flexibility index (Phi) is 6.78. The average Bonchev–Trinajstić information content (AvgIpc) is 2.93. The van der Waals surface area contributed by atoms with Crippen molar-refractivity contribution in [2.24, 2.45) is 5.73 Å². The molecule has 0 spiro atoms. The van der Waals surface area contributed by atoms with Gasteiger partial charge in [-0.1, -0.05) is 73.4 Å². The van der Waals surface area contributed by atoms with Gasteiger partial charge in [0.15, 0.2) is 0 Å². The maximum absolute atomic E-state index is 7.97. The molecule has 0 fully saturated rings. The Morgan fingerprint density at radius 2 is 1.76 bits per heavy atom.